The molecule has 0 saturated carbocycles. The minimum atomic E-state index is -4.62. The summed E-state index contributed by atoms with van der Waals surface area (Å²) >= 11 is 0. The minimum absolute atomic E-state index is 0.0929. The Labute approximate surface area is 150 Å². The maximum atomic E-state index is 12.5. The van der Waals surface area contributed by atoms with Gasteiger partial charge >= 0.3 is 6.18 Å². The van der Waals surface area contributed by atoms with Gasteiger partial charge in [0.15, 0.2) is 0 Å². The highest BCUT2D eigenvalue weighted by Gasteiger charge is 2.32. The van der Waals surface area contributed by atoms with E-state index in [0.29, 0.717) is 18.2 Å². The van der Waals surface area contributed by atoms with Crippen molar-refractivity contribution >= 4 is 10.0 Å². The van der Waals surface area contributed by atoms with Crippen molar-refractivity contribution in [1.29, 1.82) is 0 Å². The fourth-order valence-corrected chi connectivity index (χ4v) is 3.24. The molecule has 1 heterocycles. The van der Waals surface area contributed by atoms with Crippen LogP contribution in [0.1, 0.15) is 42.6 Å². The summed E-state index contributed by atoms with van der Waals surface area (Å²) in [7, 11) is -4.01. The summed E-state index contributed by atoms with van der Waals surface area (Å²) < 4.78 is 64.1. The highest BCUT2D eigenvalue weighted by Crippen LogP contribution is 2.27. The van der Waals surface area contributed by atoms with Gasteiger partial charge < -0.3 is 5.73 Å². The van der Waals surface area contributed by atoms with Gasteiger partial charge in [-0.1, -0.05) is 38.1 Å². The number of pyridine rings is 1. The molecule has 0 fully saturated rings. The summed E-state index contributed by atoms with van der Waals surface area (Å²) in [4.78, 5) is 2.80. The van der Waals surface area contributed by atoms with E-state index in [0.717, 1.165) is 17.2 Å². The second kappa shape index (κ2) is 7.73. The van der Waals surface area contributed by atoms with E-state index in [9.17, 15) is 21.6 Å². The molecule has 0 bridgehead atoms. The van der Waals surface area contributed by atoms with Crippen LogP contribution in [0.3, 0.4) is 0 Å². The van der Waals surface area contributed by atoms with Crippen molar-refractivity contribution < 1.29 is 21.6 Å². The molecule has 142 valence electrons. The van der Waals surface area contributed by atoms with Crippen LogP contribution in [-0.2, 0) is 16.2 Å². The van der Waals surface area contributed by atoms with Gasteiger partial charge in [-0.25, -0.2) is 13.1 Å². The third-order valence-electron chi connectivity index (χ3n) is 3.86. The summed E-state index contributed by atoms with van der Waals surface area (Å²) in [6.45, 7) is 4.02. The first-order valence-electron chi connectivity index (χ1n) is 7.89. The van der Waals surface area contributed by atoms with Crippen molar-refractivity contribution in [2.75, 3.05) is 6.54 Å². The number of rotatable bonds is 6. The summed E-state index contributed by atoms with van der Waals surface area (Å²) in [6.07, 6.45) is -3.95. The highest BCUT2D eigenvalue weighted by atomic mass is 32.2. The molecule has 0 aliphatic heterocycles. The molecule has 2 aromatic rings. The lowest BCUT2D eigenvalue weighted by Crippen LogP contribution is -2.32. The molecule has 2 rings (SSSR count). The zero-order chi connectivity index (χ0) is 19.5. The normalized spacial score (nSPS) is 13.8. The number of hydrogen-bond donors (Lipinski definition) is 2. The van der Waals surface area contributed by atoms with Gasteiger partial charge in [0.1, 0.15) is 10.6 Å². The molecule has 0 saturated heterocycles. The second-order valence-electron chi connectivity index (χ2n) is 6.16. The van der Waals surface area contributed by atoms with Crippen LogP contribution in [0.15, 0.2) is 47.5 Å². The Morgan fingerprint density at radius 3 is 2.12 bits per heavy atom. The summed E-state index contributed by atoms with van der Waals surface area (Å²) in [5, 5.41) is 0. The molecule has 0 spiro atoms. The van der Waals surface area contributed by atoms with Crippen molar-refractivity contribution in [2.24, 2.45) is 5.73 Å². The van der Waals surface area contributed by atoms with Gasteiger partial charge in [-0.3, -0.25) is 4.98 Å². The molecular weight excluding hydrogens is 367 g/mol. The third kappa shape index (κ3) is 5.03. The van der Waals surface area contributed by atoms with E-state index >= 15 is 0 Å². The Balaban J connectivity index is 2.05. The summed E-state index contributed by atoms with van der Waals surface area (Å²) in [5.74, 6) is 0.367. The third-order valence-corrected chi connectivity index (χ3v) is 5.27. The van der Waals surface area contributed by atoms with E-state index in [4.69, 9.17) is 5.73 Å². The molecule has 1 aromatic carbocycles. The smallest absolute Gasteiger partial charge is 0.323 e. The van der Waals surface area contributed by atoms with E-state index in [1.807, 2.05) is 24.3 Å². The Morgan fingerprint density at radius 2 is 1.65 bits per heavy atom. The Hall–Kier alpha value is -1.97. The quantitative estimate of drug-likeness (QED) is 0.797. The van der Waals surface area contributed by atoms with Crippen LogP contribution < -0.4 is 10.5 Å². The molecule has 5 nitrogen and oxygen atoms in total. The molecule has 0 aliphatic rings. The predicted octanol–water partition coefficient (Wildman–Crippen LogP) is 3.20. The number of halogens is 3. The Kier molecular flexibility index (Phi) is 6.05. The number of hydrogen-bond acceptors (Lipinski definition) is 4. The first kappa shape index (κ1) is 20.3. The fourth-order valence-electron chi connectivity index (χ4n) is 2.24. The minimum Gasteiger partial charge on any atom is -0.323 e. The van der Waals surface area contributed by atoms with E-state index in [1.165, 1.54) is 0 Å². The molecule has 1 unspecified atom stereocenters. The topological polar surface area (TPSA) is 85.1 Å². The number of sulfonamides is 1. The van der Waals surface area contributed by atoms with Crippen LogP contribution in [0.2, 0.25) is 0 Å². The average Bonchev–Trinajstić information content (AvgIpc) is 2.59. The van der Waals surface area contributed by atoms with Gasteiger partial charge in [0.2, 0.25) is 10.0 Å². The van der Waals surface area contributed by atoms with Crippen molar-refractivity contribution in [3.05, 3.63) is 59.4 Å². The monoisotopic (exact) mass is 387 g/mol. The highest BCUT2D eigenvalue weighted by molar-refractivity contribution is 7.89. The second-order valence-corrected chi connectivity index (χ2v) is 7.92. The van der Waals surface area contributed by atoms with Crippen LogP contribution in [0.5, 0.6) is 0 Å². The average molecular weight is 387 g/mol. The van der Waals surface area contributed by atoms with E-state index in [2.05, 4.69) is 23.6 Å². The lowest BCUT2D eigenvalue weighted by Gasteiger charge is -2.15. The van der Waals surface area contributed by atoms with Crippen LogP contribution in [0, 0.1) is 0 Å². The van der Waals surface area contributed by atoms with Crippen molar-refractivity contribution in [2.45, 2.75) is 36.9 Å². The maximum Gasteiger partial charge on any atom is 0.433 e. The molecule has 9 heteroatoms. The van der Waals surface area contributed by atoms with Gasteiger partial charge in [0, 0.05) is 18.8 Å². The van der Waals surface area contributed by atoms with E-state index in [1.54, 1.807) is 0 Å². The molecule has 0 radical (unpaired) electrons. The standard InChI is InChI=1S/C17H20F3N3O2S/c1-11(2)12-3-5-13(6-4-12)15(21)10-23-26(24,25)14-7-8-16(22-9-14)17(18,19)20/h3-9,11,15,23H,10,21H2,1-2H3. The largest absolute Gasteiger partial charge is 0.433 e. The zero-order valence-electron chi connectivity index (χ0n) is 14.3. The van der Waals surface area contributed by atoms with Gasteiger partial charge in [0.25, 0.3) is 0 Å². The first-order valence-corrected chi connectivity index (χ1v) is 9.37. The number of alkyl halides is 3. The van der Waals surface area contributed by atoms with Gasteiger partial charge in [-0.2, -0.15) is 13.2 Å². The van der Waals surface area contributed by atoms with Crippen LogP contribution in [-0.4, -0.2) is 19.9 Å². The molecule has 1 atom stereocenters. The van der Waals surface area contributed by atoms with Crippen LogP contribution >= 0.6 is 0 Å². The number of nitrogens with one attached hydrogen (secondary N) is 1. The van der Waals surface area contributed by atoms with E-state index in [-0.39, 0.29) is 11.4 Å². The number of aromatic nitrogens is 1. The maximum absolute atomic E-state index is 12.5. The summed E-state index contributed by atoms with van der Waals surface area (Å²) in [5.41, 5.74) is 6.73. The number of benzene rings is 1. The molecule has 26 heavy (non-hydrogen) atoms. The van der Waals surface area contributed by atoms with Crippen molar-refractivity contribution in [3.63, 3.8) is 0 Å². The molecule has 0 amide bonds. The molecule has 0 aliphatic carbocycles. The number of nitrogens with two attached hydrogens (primary N) is 1. The van der Waals surface area contributed by atoms with Gasteiger partial charge in [-0.15, -0.1) is 0 Å². The lowest BCUT2D eigenvalue weighted by molar-refractivity contribution is -0.141. The SMILES string of the molecule is CC(C)c1ccc(C(N)CNS(=O)(=O)c2ccc(C(F)(F)F)nc2)cc1. The van der Waals surface area contributed by atoms with Crippen LogP contribution in [0.25, 0.3) is 0 Å². The lowest BCUT2D eigenvalue weighted by atomic mass is 9.99. The molecular formula is C17H20F3N3O2S. The molecule has 1 aromatic heterocycles. The summed E-state index contributed by atoms with van der Waals surface area (Å²) in [6, 6.07) is 8.40. The first-order chi connectivity index (χ1) is 12.0. The van der Waals surface area contributed by atoms with Crippen molar-refractivity contribution in [3.8, 4) is 0 Å². The predicted molar refractivity (Wildman–Crippen MR) is 91.9 cm³/mol. The zero-order valence-corrected chi connectivity index (χ0v) is 15.1. The van der Waals surface area contributed by atoms with Crippen LogP contribution in [0.4, 0.5) is 13.2 Å². The molecule has 3 N–H and O–H groups in total. The van der Waals surface area contributed by atoms with E-state index < -0.39 is 27.9 Å². The van der Waals surface area contributed by atoms with Gasteiger partial charge in [0.05, 0.1) is 0 Å². The van der Waals surface area contributed by atoms with Crippen molar-refractivity contribution in [1.82, 2.24) is 9.71 Å². The Morgan fingerprint density at radius 1 is 1.08 bits per heavy atom. The number of nitrogens with zero attached hydrogens (tertiary/aromatic N) is 1. The fraction of sp³-hybridized carbons (Fsp3) is 0.353. The van der Waals surface area contributed by atoms with Gasteiger partial charge in [-0.05, 0) is 29.2 Å². The Bertz CT molecular complexity index is 833.